The van der Waals surface area contributed by atoms with Crippen molar-refractivity contribution in [3.05, 3.63) is 59.2 Å². The fourth-order valence-corrected chi connectivity index (χ4v) is 4.14. The van der Waals surface area contributed by atoms with Crippen LogP contribution in [0.3, 0.4) is 0 Å². The maximum absolute atomic E-state index is 12.3. The zero-order valence-corrected chi connectivity index (χ0v) is 16.6. The maximum Gasteiger partial charge on any atom is 0.338 e. The van der Waals surface area contributed by atoms with E-state index in [9.17, 15) is 18.0 Å². The molecule has 1 N–H and O–H groups in total. The number of benzene rings is 2. The molecule has 1 aliphatic heterocycles. The fourth-order valence-electron chi connectivity index (χ4n) is 3.15. The molecular weight excluding hydrogens is 380 g/mol. The highest BCUT2D eigenvalue weighted by molar-refractivity contribution is 7.92. The molecule has 1 aliphatic rings. The summed E-state index contributed by atoms with van der Waals surface area (Å²) in [6.45, 7) is 1.89. The van der Waals surface area contributed by atoms with Crippen LogP contribution >= 0.6 is 0 Å². The number of sulfonamides is 1. The van der Waals surface area contributed by atoms with Gasteiger partial charge in [0.15, 0.2) is 6.61 Å². The topological polar surface area (TPSA) is 92.8 Å². The Balaban J connectivity index is 1.65. The summed E-state index contributed by atoms with van der Waals surface area (Å²) < 4.78 is 30.3. The average molecular weight is 402 g/mol. The molecule has 0 spiro atoms. The summed E-state index contributed by atoms with van der Waals surface area (Å²) >= 11 is 0. The molecule has 0 atom stereocenters. The minimum Gasteiger partial charge on any atom is -0.452 e. The quantitative estimate of drug-likeness (QED) is 0.776. The first-order chi connectivity index (χ1) is 13.3. The van der Waals surface area contributed by atoms with E-state index < -0.39 is 28.5 Å². The number of aryl methyl sites for hydroxylation is 2. The van der Waals surface area contributed by atoms with Gasteiger partial charge in [-0.25, -0.2) is 13.2 Å². The number of esters is 1. The number of amides is 1. The molecule has 3 rings (SSSR count). The molecule has 2 aromatic carbocycles. The van der Waals surface area contributed by atoms with Crippen LogP contribution in [0.1, 0.15) is 27.9 Å². The van der Waals surface area contributed by atoms with E-state index in [2.05, 4.69) is 5.32 Å². The number of ether oxygens (including phenoxy) is 1. The highest BCUT2D eigenvalue weighted by atomic mass is 32.2. The Labute approximate surface area is 164 Å². The molecule has 28 heavy (non-hydrogen) atoms. The zero-order valence-electron chi connectivity index (χ0n) is 15.8. The summed E-state index contributed by atoms with van der Waals surface area (Å²) in [7, 11) is -3.36. The Morgan fingerprint density at radius 1 is 1.18 bits per heavy atom. The molecule has 2 aromatic rings. The third kappa shape index (κ3) is 4.51. The molecule has 1 heterocycles. The molecule has 0 saturated carbocycles. The summed E-state index contributed by atoms with van der Waals surface area (Å²) in [6.07, 6.45) is 2.52. The van der Waals surface area contributed by atoms with Gasteiger partial charge in [0.25, 0.3) is 5.91 Å². The Hall–Kier alpha value is -2.87. The Bertz CT molecular complexity index is 1020. The standard InChI is InChI=1S/C20H22N2O5S/c1-14-6-3-4-8-17(14)21-19(23)13-27-20(24)16-9-10-18-15(12-16)7-5-11-22(18)28(2,25)26/h3-4,6,8-10,12H,5,7,11,13H2,1-2H3,(H,21,23). The summed E-state index contributed by atoms with van der Waals surface area (Å²) in [6, 6.07) is 12.1. The number of fused-ring (bicyclic) bond motifs is 1. The number of carbonyl (C=O) groups is 2. The van der Waals surface area contributed by atoms with Crippen molar-refractivity contribution in [2.75, 3.05) is 29.0 Å². The van der Waals surface area contributed by atoms with Crippen LogP contribution in [0, 0.1) is 6.92 Å². The number of carbonyl (C=O) groups excluding carboxylic acids is 2. The van der Waals surface area contributed by atoms with Crippen molar-refractivity contribution in [2.45, 2.75) is 19.8 Å². The van der Waals surface area contributed by atoms with Crippen molar-refractivity contribution in [2.24, 2.45) is 0 Å². The Morgan fingerprint density at radius 2 is 1.93 bits per heavy atom. The number of nitrogens with zero attached hydrogens (tertiary/aromatic N) is 1. The molecule has 0 fully saturated rings. The second-order valence-corrected chi connectivity index (χ2v) is 8.63. The van der Waals surface area contributed by atoms with Gasteiger partial charge in [0, 0.05) is 12.2 Å². The van der Waals surface area contributed by atoms with Gasteiger partial charge >= 0.3 is 5.97 Å². The molecule has 0 aliphatic carbocycles. The lowest BCUT2D eigenvalue weighted by Gasteiger charge is -2.29. The number of nitrogens with one attached hydrogen (secondary N) is 1. The van der Waals surface area contributed by atoms with Crippen molar-refractivity contribution in [1.82, 2.24) is 0 Å². The second-order valence-electron chi connectivity index (χ2n) is 6.72. The van der Waals surface area contributed by atoms with Crippen molar-refractivity contribution < 1.29 is 22.7 Å². The minimum absolute atomic E-state index is 0.290. The van der Waals surface area contributed by atoms with Crippen LogP contribution in [-0.4, -0.2) is 39.7 Å². The molecule has 1 amide bonds. The monoisotopic (exact) mass is 402 g/mol. The smallest absolute Gasteiger partial charge is 0.338 e. The molecule has 8 heteroatoms. The normalized spacial score (nSPS) is 13.6. The largest absolute Gasteiger partial charge is 0.452 e. The highest BCUT2D eigenvalue weighted by Crippen LogP contribution is 2.30. The van der Waals surface area contributed by atoms with Gasteiger partial charge in [0.05, 0.1) is 17.5 Å². The van der Waals surface area contributed by atoms with Crippen molar-refractivity contribution in [3.63, 3.8) is 0 Å². The van der Waals surface area contributed by atoms with Crippen LogP contribution in [0.4, 0.5) is 11.4 Å². The lowest BCUT2D eigenvalue weighted by Crippen LogP contribution is -2.34. The van der Waals surface area contributed by atoms with Gasteiger partial charge in [0.1, 0.15) is 0 Å². The SMILES string of the molecule is Cc1ccccc1NC(=O)COC(=O)c1ccc2c(c1)CCCN2S(C)(=O)=O. The van der Waals surface area contributed by atoms with Crippen molar-refractivity contribution in [1.29, 1.82) is 0 Å². The summed E-state index contributed by atoms with van der Waals surface area (Å²) in [5.41, 5.74) is 3.22. The number of para-hydroxylation sites is 1. The lowest BCUT2D eigenvalue weighted by molar-refractivity contribution is -0.119. The first kappa shape index (κ1) is 19.9. The summed E-state index contributed by atoms with van der Waals surface area (Å²) in [5, 5.41) is 2.70. The molecule has 0 unspecified atom stereocenters. The molecule has 0 radical (unpaired) electrons. The van der Waals surface area contributed by atoms with E-state index in [1.54, 1.807) is 18.2 Å². The van der Waals surface area contributed by atoms with Crippen LogP contribution in [0.15, 0.2) is 42.5 Å². The van der Waals surface area contributed by atoms with E-state index in [0.717, 1.165) is 17.4 Å². The third-order valence-corrected chi connectivity index (χ3v) is 5.72. The average Bonchev–Trinajstić information content (AvgIpc) is 2.66. The van der Waals surface area contributed by atoms with E-state index >= 15 is 0 Å². The predicted molar refractivity (Wildman–Crippen MR) is 107 cm³/mol. The van der Waals surface area contributed by atoms with Crippen molar-refractivity contribution >= 4 is 33.3 Å². The predicted octanol–water partition coefficient (Wildman–Crippen LogP) is 2.50. The third-order valence-electron chi connectivity index (χ3n) is 4.55. The first-order valence-corrected chi connectivity index (χ1v) is 10.7. The number of hydrogen-bond donors (Lipinski definition) is 1. The van der Waals surface area contributed by atoms with Gasteiger partial charge in [-0.05, 0) is 55.2 Å². The van der Waals surface area contributed by atoms with Gasteiger partial charge in [-0.2, -0.15) is 0 Å². The fraction of sp³-hybridized carbons (Fsp3) is 0.300. The van der Waals surface area contributed by atoms with Gasteiger partial charge in [-0.1, -0.05) is 18.2 Å². The molecule has 0 saturated heterocycles. The van der Waals surface area contributed by atoms with Gasteiger partial charge in [0.2, 0.25) is 10.0 Å². The summed E-state index contributed by atoms with van der Waals surface area (Å²) in [5.74, 6) is -1.05. The van der Waals surface area contributed by atoms with E-state index in [1.165, 1.54) is 10.4 Å². The van der Waals surface area contributed by atoms with E-state index in [4.69, 9.17) is 4.74 Å². The van der Waals surface area contributed by atoms with Crippen LogP contribution in [0.25, 0.3) is 0 Å². The first-order valence-electron chi connectivity index (χ1n) is 8.89. The van der Waals surface area contributed by atoms with Crippen LogP contribution in [-0.2, 0) is 26.0 Å². The second kappa shape index (κ2) is 8.02. The van der Waals surface area contributed by atoms with E-state index in [-0.39, 0.29) is 5.56 Å². The van der Waals surface area contributed by atoms with Crippen LogP contribution < -0.4 is 9.62 Å². The molecule has 148 valence electrons. The summed E-state index contributed by atoms with van der Waals surface area (Å²) in [4.78, 5) is 24.3. The van der Waals surface area contributed by atoms with Crippen LogP contribution in [0.5, 0.6) is 0 Å². The van der Waals surface area contributed by atoms with Gasteiger partial charge < -0.3 is 10.1 Å². The van der Waals surface area contributed by atoms with Crippen LogP contribution in [0.2, 0.25) is 0 Å². The molecule has 7 nitrogen and oxygen atoms in total. The lowest BCUT2D eigenvalue weighted by atomic mass is 10.0. The zero-order chi connectivity index (χ0) is 20.3. The minimum atomic E-state index is -3.36. The van der Waals surface area contributed by atoms with Crippen molar-refractivity contribution in [3.8, 4) is 0 Å². The van der Waals surface area contributed by atoms with Gasteiger partial charge in [-0.15, -0.1) is 0 Å². The number of hydrogen-bond acceptors (Lipinski definition) is 5. The number of rotatable bonds is 5. The molecule has 0 bridgehead atoms. The molecular formula is C20H22N2O5S. The van der Waals surface area contributed by atoms with E-state index in [0.29, 0.717) is 30.8 Å². The van der Waals surface area contributed by atoms with E-state index in [1.807, 2.05) is 25.1 Å². The Morgan fingerprint density at radius 3 is 2.64 bits per heavy atom. The highest BCUT2D eigenvalue weighted by Gasteiger charge is 2.25. The Kier molecular flexibility index (Phi) is 5.69. The number of anilines is 2. The maximum atomic E-state index is 12.3. The molecule has 0 aromatic heterocycles. The van der Waals surface area contributed by atoms with Gasteiger partial charge in [-0.3, -0.25) is 9.10 Å².